The Morgan fingerprint density at radius 1 is 0.538 bits per heavy atom. The van der Waals surface area contributed by atoms with Gasteiger partial charge < -0.3 is 21.7 Å². The van der Waals surface area contributed by atoms with Crippen LogP contribution in [0.4, 0.5) is 34.1 Å². The molecule has 0 bridgehead atoms. The number of azo groups is 2. The van der Waals surface area contributed by atoms with Crippen molar-refractivity contribution in [3.05, 3.63) is 107 Å². The molecular weight excluding hydrogens is 709 g/mol. The smallest absolute Gasteiger partial charge is 0.296 e. The Balaban J connectivity index is 1.29. The van der Waals surface area contributed by atoms with Gasteiger partial charge in [0.25, 0.3) is 20.2 Å². The second kappa shape index (κ2) is 13.5. The molecule has 0 aromatic heterocycles. The third-order valence-corrected chi connectivity index (χ3v) is 9.94. The summed E-state index contributed by atoms with van der Waals surface area (Å²) in [5.74, 6) is -0.670. The van der Waals surface area contributed by atoms with E-state index in [0.717, 1.165) is 28.6 Å². The molecule has 6 rings (SSSR count). The van der Waals surface area contributed by atoms with Crippen molar-refractivity contribution in [3.63, 3.8) is 0 Å². The summed E-state index contributed by atoms with van der Waals surface area (Å²) in [6.07, 6.45) is 3.09. The molecule has 16 heteroatoms. The summed E-state index contributed by atoms with van der Waals surface area (Å²) in [6.45, 7) is 3.62. The van der Waals surface area contributed by atoms with Crippen LogP contribution in [0.2, 0.25) is 0 Å². The van der Waals surface area contributed by atoms with Crippen molar-refractivity contribution in [2.45, 2.75) is 23.6 Å². The molecule has 6 aromatic carbocycles. The summed E-state index contributed by atoms with van der Waals surface area (Å²) in [5, 5.41) is 39.7. The number of rotatable bonds is 8. The maximum absolute atomic E-state index is 12.4. The van der Waals surface area contributed by atoms with Crippen LogP contribution in [0.5, 0.6) is 11.5 Å². The van der Waals surface area contributed by atoms with Crippen LogP contribution in [-0.2, 0) is 20.2 Å². The zero-order chi connectivity index (χ0) is 37.5. The minimum absolute atomic E-state index is 0.0373. The molecule has 0 atom stereocenters. The number of hydrogen-bond acceptors (Lipinski definition) is 12. The second-order valence-electron chi connectivity index (χ2n) is 11.9. The van der Waals surface area contributed by atoms with Gasteiger partial charge in [0.05, 0.1) is 11.4 Å². The molecule has 8 N–H and O–H groups in total. The first-order chi connectivity index (χ1) is 24.5. The fourth-order valence-corrected chi connectivity index (χ4v) is 6.91. The summed E-state index contributed by atoms with van der Waals surface area (Å²) in [5.41, 5.74) is 14.8. The molecule has 0 amide bonds. The minimum atomic E-state index is -4.88. The number of benzene rings is 6. The number of phenols is 2. The molecule has 0 radical (unpaired) electrons. The molecule has 0 aliphatic rings. The van der Waals surface area contributed by atoms with E-state index in [1.54, 1.807) is 36.4 Å². The van der Waals surface area contributed by atoms with Crippen molar-refractivity contribution in [2.24, 2.45) is 20.5 Å². The summed E-state index contributed by atoms with van der Waals surface area (Å²) in [6, 6.07) is 21.4. The Morgan fingerprint density at radius 2 is 1.04 bits per heavy atom. The number of nitrogens with two attached hydrogens (primary N) is 2. The topological polar surface area (TPSA) is 251 Å². The van der Waals surface area contributed by atoms with Gasteiger partial charge in [-0.3, -0.25) is 9.11 Å². The Kier molecular flexibility index (Phi) is 9.25. The van der Waals surface area contributed by atoms with E-state index in [9.17, 15) is 36.2 Å². The summed E-state index contributed by atoms with van der Waals surface area (Å²) in [4.78, 5) is -1.27. The Bertz CT molecular complexity index is 2770. The van der Waals surface area contributed by atoms with Gasteiger partial charge in [-0.15, -0.1) is 10.2 Å². The van der Waals surface area contributed by atoms with Crippen LogP contribution in [0, 0.1) is 13.8 Å². The van der Waals surface area contributed by atoms with E-state index >= 15 is 0 Å². The Hall–Kier alpha value is -6.20. The molecule has 0 aliphatic carbocycles. The average Bonchev–Trinajstić information content (AvgIpc) is 3.07. The Morgan fingerprint density at radius 3 is 1.62 bits per heavy atom. The molecule has 0 fully saturated rings. The van der Waals surface area contributed by atoms with Crippen LogP contribution in [0.25, 0.3) is 33.7 Å². The van der Waals surface area contributed by atoms with E-state index in [4.69, 9.17) is 11.5 Å². The number of anilines is 2. The normalized spacial score (nSPS) is 12.6. The van der Waals surface area contributed by atoms with Crippen molar-refractivity contribution in [1.82, 2.24) is 0 Å². The third-order valence-electron chi connectivity index (χ3n) is 8.16. The van der Waals surface area contributed by atoms with E-state index in [2.05, 4.69) is 20.5 Å². The highest BCUT2D eigenvalue weighted by atomic mass is 32.2. The van der Waals surface area contributed by atoms with Crippen LogP contribution in [0.15, 0.2) is 115 Å². The predicted octanol–water partition coefficient (Wildman–Crippen LogP) is 8.68. The number of aromatic hydroxyl groups is 2. The molecule has 0 unspecified atom stereocenters. The first-order valence-electron chi connectivity index (χ1n) is 15.3. The lowest BCUT2D eigenvalue weighted by Gasteiger charge is -2.09. The highest BCUT2D eigenvalue weighted by Gasteiger charge is 2.22. The van der Waals surface area contributed by atoms with Gasteiger partial charge in [0.15, 0.2) is 11.5 Å². The van der Waals surface area contributed by atoms with Crippen molar-refractivity contribution in [1.29, 1.82) is 0 Å². The SMILES string of the molecule is Cc1cc(N=Nc2c(C)cc3ccc(N)cc3c2O)ccc1/C=C/c1ccc(N=Nc2c(S(=O)(=O)O)cc3ccc(N)cc3c2O)cc1S(=O)(=O)O. The van der Waals surface area contributed by atoms with Gasteiger partial charge >= 0.3 is 0 Å². The lowest BCUT2D eigenvalue weighted by atomic mass is 10.0. The van der Waals surface area contributed by atoms with E-state index in [1.807, 2.05) is 26.0 Å². The monoisotopic (exact) mass is 738 g/mol. The molecule has 0 aliphatic heterocycles. The summed E-state index contributed by atoms with van der Waals surface area (Å²) < 4.78 is 68.9. The van der Waals surface area contributed by atoms with E-state index < -0.39 is 41.5 Å². The molecule has 52 heavy (non-hydrogen) atoms. The van der Waals surface area contributed by atoms with Crippen LogP contribution < -0.4 is 11.5 Å². The van der Waals surface area contributed by atoms with Gasteiger partial charge in [0.1, 0.15) is 21.2 Å². The van der Waals surface area contributed by atoms with Gasteiger partial charge in [0, 0.05) is 22.1 Å². The molecule has 0 saturated heterocycles. The maximum atomic E-state index is 12.4. The number of nitrogens with zero attached hydrogens (tertiary/aromatic N) is 4. The Labute approximate surface area is 297 Å². The van der Waals surface area contributed by atoms with Crippen LogP contribution >= 0.6 is 0 Å². The van der Waals surface area contributed by atoms with Crippen molar-refractivity contribution in [2.75, 3.05) is 11.5 Å². The number of aryl methyl sites for hydroxylation is 2. The van der Waals surface area contributed by atoms with Crippen molar-refractivity contribution < 1.29 is 36.2 Å². The molecule has 264 valence electrons. The van der Waals surface area contributed by atoms with Crippen LogP contribution in [0.3, 0.4) is 0 Å². The molecule has 14 nitrogen and oxygen atoms in total. The average molecular weight is 739 g/mol. The zero-order valence-corrected chi connectivity index (χ0v) is 29.1. The largest absolute Gasteiger partial charge is 0.505 e. The van der Waals surface area contributed by atoms with Crippen LogP contribution in [-0.4, -0.2) is 36.2 Å². The fraction of sp³-hybridized carbons (Fsp3) is 0.0556. The first-order valence-corrected chi connectivity index (χ1v) is 18.2. The van der Waals surface area contributed by atoms with Gasteiger partial charge in [-0.05, 0) is 108 Å². The molecule has 0 heterocycles. The lowest BCUT2D eigenvalue weighted by molar-refractivity contribution is 0.472. The van der Waals surface area contributed by atoms with Crippen LogP contribution in [0.1, 0.15) is 22.3 Å². The number of hydrogen-bond donors (Lipinski definition) is 6. The van der Waals surface area contributed by atoms with Gasteiger partial charge in [0.2, 0.25) is 0 Å². The van der Waals surface area contributed by atoms with E-state index in [-0.39, 0.29) is 33.5 Å². The highest BCUT2D eigenvalue weighted by Crippen LogP contribution is 2.43. The first kappa shape index (κ1) is 35.6. The maximum Gasteiger partial charge on any atom is 0.296 e. The van der Waals surface area contributed by atoms with Gasteiger partial charge in [-0.25, -0.2) is 0 Å². The number of nitrogen functional groups attached to an aromatic ring is 2. The van der Waals surface area contributed by atoms with E-state index in [0.29, 0.717) is 28.0 Å². The number of phenolic OH excluding ortho intramolecular Hbond substituents is 2. The minimum Gasteiger partial charge on any atom is -0.505 e. The van der Waals surface area contributed by atoms with Gasteiger partial charge in [-0.1, -0.05) is 36.4 Å². The summed E-state index contributed by atoms with van der Waals surface area (Å²) >= 11 is 0. The van der Waals surface area contributed by atoms with Gasteiger partial charge in [-0.2, -0.15) is 27.1 Å². The third kappa shape index (κ3) is 7.31. The molecular formula is C36H30N6O8S2. The van der Waals surface area contributed by atoms with Crippen molar-refractivity contribution >= 4 is 88.1 Å². The zero-order valence-electron chi connectivity index (χ0n) is 27.4. The second-order valence-corrected chi connectivity index (χ2v) is 14.7. The fourth-order valence-electron chi connectivity index (χ4n) is 5.55. The molecule has 6 aromatic rings. The molecule has 0 saturated carbocycles. The lowest BCUT2D eigenvalue weighted by Crippen LogP contribution is -2.00. The standard InChI is InChI=1S/C36H30N6O8S2/c1-19-14-27(39-41-33-20(2)13-23-5-9-25(37)16-29(23)35(33)43)11-7-21(19)3-4-22-8-12-28(18-31(22)51(45,46)47)40-42-34-32(52(48,49)50)15-24-6-10-26(38)17-30(24)36(34)44/h3-18,43-44H,37-38H2,1-2H3,(H,45,46,47)(H,48,49,50)/b4-3+,41-39?,42-40?. The quantitative estimate of drug-likeness (QED) is 0.0375. The van der Waals surface area contributed by atoms with Crippen molar-refractivity contribution in [3.8, 4) is 11.5 Å². The highest BCUT2D eigenvalue weighted by molar-refractivity contribution is 7.86. The van der Waals surface area contributed by atoms with E-state index in [1.165, 1.54) is 36.4 Å². The molecule has 0 spiro atoms. The summed E-state index contributed by atoms with van der Waals surface area (Å²) in [7, 11) is -9.68. The predicted molar refractivity (Wildman–Crippen MR) is 199 cm³/mol. The number of fused-ring (bicyclic) bond motifs is 2.